The molecule has 3 heteroatoms. The van der Waals surface area contributed by atoms with E-state index in [1.807, 2.05) is 0 Å². The molecular weight excluding hydrogens is 164 g/mol. The molecule has 2 aliphatic rings. The first-order chi connectivity index (χ1) is 6.27. The molecule has 0 bridgehead atoms. The summed E-state index contributed by atoms with van der Waals surface area (Å²) in [5.41, 5.74) is 0. The van der Waals surface area contributed by atoms with E-state index in [2.05, 4.69) is 24.2 Å². The van der Waals surface area contributed by atoms with Crippen molar-refractivity contribution in [1.29, 1.82) is 0 Å². The summed E-state index contributed by atoms with van der Waals surface area (Å²) < 4.78 is 5.60. The van der Waals surface area contributed by atoms with E-state index in [1.54, 1.807) is 0 Å². The number of nitrogens with zero attached hydrogens (tertiary/aromatic N) is 1. The number of ether oxygens (including phenoxy) is 1. The van der Waals surface area contributed by atoms with Crippen molar-refractivity contribution in [3.8, 4) is 0 Å². The van der Waals surface area contributed by atoms with Crippen LogP contribution in [-0.2, 0) is 4.74 Å². The molecule has 0 radical (unpaired) electrons. The third-order valence-corrected chi connectivity index (χ3v) is 2.82. The lowest BCUT2D eigenvalue weighted by molar-refractivity contribution is 0.281. The summed E-state index contributed by atoms with van der Waals surface area (Å²) in [5.74, 6) is 1.55. The van der Waals surface area contributed by atoms with Gasteiger partial charge in [-0.25, -0.2) is 4.99 Å². The molecule has 0 saturated carbocycles. The first kappa shape index (κ1) is 9.00. The highest BCUT2D eigenvalue weighted by Gasteiger charge is 2.28. The zero-order valence-electron chi connectivity index (χ0n) is 8.42. The van der Waals surface area contributed by atoms with Crippen LogP contribution in [0.25, 0.3) is 0 Å². The molecule has 1 fully saturated rings. The maximum Gasteiger partial charge on any atom is 0.201 e. The molecule has 0 spiro atoms. The second kappa shape index (κ2) is 3.66. The molecule has 2 heterocycles. The van der Waals surface area contributed by atoms with Gasteiger partial charge in [-0.1, -0.05) is 13.8 Å². The van der Waals surface area contributed by atoms with Crippen molar-refractivity contribution in [2.45, 2.75) is 38.8 Å². The Morgan fingerprint density at radius 2 is 2.38 bits per heavy atom. The summed E-state index contributed by atoms with van der Waals surface area (Å²) >= 11 is 0. The van der Waals surface area contributed by atoms with Gasteiger partial charge in [-0.2, -0.15) is 0 Å². The van der Waals surface area contributed by atoms with Gasteiger partial charge in [0.05, 0.1) is 12.1 Å². The molecule has 2 aliphatic heterocycles. The van der Waals surface area contributed by atoms with E-state index < -0.39 is 0 Å². The largest absolute Gasteiger partial charge is 0.478 e. The van der Waals surface area contributed by atoms with Crippen LogP contribution in [0.1, 0.15) is 26.7 Å². The van der Waals surface area contributed by atoms with Gasteiger partial charge in [0.2, 0.25) is 5.90 Å². The van der Waals surface area contributed by atoms with Crippen molar-refractivity contribution in [2.24, 2.45) is 10.9 Å². The highest BCUT2D eigenvalue weighted by molar-refractivity contribution is 5.83. The standard InChI is InChI=1S/C10H18N2O/c1-7(2)9-6-13-10(12-9)8-4-3-5-11-8/h7-9,11H,3-6H2,1-2H3/t8-,9-/m0/s1. The van der Waals surface area contributed by atoms with Crippen LogP contribution in [-0.4, -0.2) is 31.1 Å². The quantitative estimate of drug-likeness (QED) is 0.696. The summed E-state index contributed by atoms with van der Waals surface area (Å²) in [7, 11) is 0. The van der Waals surface area contributed by atoms with Gasteiger partial charge in [0, 0.05) is 0 Å². The maximum atomic E-state index is 5.60. The molecule has 13 heavy (non-hydrogen) atoms. The van der Waals surface area contributed by atoms with E-state index in [1.165, 1.54) is 12.8 Å². The van der Waals surface area contributed by atoms with Crippen LogP contribution in [0.15, 0.2) is 4.99 Å². The Kier molecular flexibility index (Phi) is 2.54. The lowest BCUT2D eigenvalue weighted by atomic mass is 10.1. The van der Waals surface area contributed by atoms with Crippen LogP contribution in [0.3, 0.4) is 0 Å². The predicted octanol–water partition coefficient (Wildman–Crippen LogP) is 1.19. The molecular formula is C10H18N2O. The second-order valence-electron chi connectivity index (χ2n) is 4.24. The lowest BCUT2D eigenvalue weighted by Gasteiger charge is -2.08. The molecule has 0 amide bonds. The van der Waals surface area contributed by atoms with Crippen molar-refractivity contribution in [3.63, 3.8) is 0 Å². The first-order valence-corrected chi connectivity index (χ1v) is 5.21. The second-order valence-corrected chi connectivity index (χ2v) is 4.24. The minimum Gasteiger partial charge on any atom is -0.478 e. The molecule has 1 saturated heterocycles. The van der Waals surface area contributed by atoms with Gasteiger partial charge in [-0.3, -0.25) is 0 Å². The van der Waals surface area contributed by atoms with E-state index >= 15 is 0 Å². The maximum absolute atomic E-state index is 5.60. The Morgan fingerprint density at radius 1 is 1.54 bits per heavy atom. The fourth-order valence-electron chi connectivity index (χ4n) is 1.84. The highest BCUT2D eigenvalue weighted by atomic mass is 16.5. The fraction of sp³-hybridized carbons (Fsp3) is 0.900. The van der Waals surface area contributed by atoms with Gasteiger partial charge in [-0.15, -0.1) is 0 Å². The van der Waals surface area contributed by atoms with Gasteiger partial charge in [0.15, 0.2) is 0 Å². The Bertz CT molecular complexity index is 207. The van der Waals surface area contributed by atoms with Gasteiger partial charge < -0.3 is 10.1 Å². The number of hydrogen-bond acceptors (Lipinski definition) is 3. The van der Waals surface area contributed by atoms with Crippen LogP contribution in [0, 0.1) is 5.92 Å². The lowest BCUT2D eigenvalue weighted by Crippen LogP contribution is -2.30. The van der Waals surface area contributed by atoms with E-state index in [4.69, 9.17) is 4.74 Å². The minimum atomic E-state index is 0.386. The van der Waals surface area contributed by atoms with Crippen LogP contribution in [0.4, 0.5) is 0 Å². The van der Waals surface area contributed by atoms with E-state index in [9.17, 15) is 0 Å². The predicted molar refractivity (Wildman–Crippen MR) is 53.0 cm³/mol. The van der Waals surface area contributed by atoms with Crippen molar-refractivity contribution in [1.82, 2.24) is 5.32 Å². The Balaban J connectivity index is 1.97. The summed E-state index contributed by atoms with van der Waals surface area (Å²) in [6, 6.07) is 0.793. The number of rotatable bonds is 2. The molecule has 0 aliphatic carbocycles. The number of aliphatic imine (C=N–C) groups is 1. The van der Waals surface area contributed by atoms with Gasteiger partial charge in [-0.05, 0) is 25.3 Å². The Hall–Kier alpha value is -0.570. The van der Waals surface area contributed by atoms with Gasteiger partial charge in [0.25, 0.3) is 0 Å². The van der Waals surface area contributed by atoms with E-state index in [-0.39, 0.29) is 0 Å². The summed E-state index contributed by atoms with van der Waals surface area (Å²) in [5, 5.41) is 3.40. The minimum absolute atomic E-state index is 0.386. The van der Waals surface area contributed by atoms with E-state index in [0.29, 0.717) is 18.0 Å². The molecule has 0 unspecified atom stereocenters. The fourth-order valence-corrected chi connectivity index (χ4v) is 1.84. The molecule has 1 N–H and O–H groups in total. The van der Waals surface area contributed by atoms with Gasteiger partial charge >= 0.3 is 0 Å². The van der Waals surface area contributed by atoms with Crippen LogP contribution in [0.5, 0.6) is 0 Å². The van der Waals surface area contributed by atoms with E-state index in [0.717, 1.165) is 19.0 Å². The third kappa shape index (κ3) is 1.85. The van der Waals surface area contributed by atoms with Gasteiger partial charge in [0.1, 0.15) is 6.61 Å². The Morgan fingerprint density at radius 3 is 2.92 bits per heavy atom. The van der Waals surface area contributed by atoms with Crippen LogP contribution >= 0.6 is 0 Å². The van der Waals surface area contributed by atoms with Crippen molar-refractivity contribution < 1.29 is 4.74 Å². The summed E-state index contributed by atoms with van der Waals surface area (Å²) in [6.45, 7) is 6.29. The highest BCUT2D eigenvalue weighted by Crippen LogP contribution is 2.18. The summed E-state index contributed by atoms with van der Waals surface area (Å²) in [4.78, 5) is 4.60. The molecule has 74 valence electrons. The summed E-state index contributed by atoms with van der Waals surface area (Å²) in [6.07, 6.45) is 2.43. The zero-order valence-corrected chi connectivity index (χ0v) is 8.42. The molecule has 0 aromatic heterocycles. The monoisotopic (exact) mass is 182 g/mol. The smallest absolute Gasteiger partial charge is 0.201 e. The molecule has 2 atom stereocenters. The SMILES string of the molecule is CC(C)[C@@H]1COC([C@@H]2CCCN2)=N1. The number of hydrogen-bond donors (Lipinski definition) is 1. The third-order valence-electron chi connectivity index (χ3n) is 2.82. The average Bonchev–Trinajstić information content (AvgIpc) is 2.75. The zero-order chi connectivity index (χ0) is 9.26. The Labute approximate surface area is 79.6 Å². The van der Waals surface area contributed by atoms with Crippen molar-refractivity contribution in [2.75, 3.05) is 13.2 Å². The molecule has 0 aromatic carbocycles. The normalized spacial score (nSPS) is 33.6. The molecule has 3 nitrogen and oxygen atoms in total. The molecule has 2 rings (SSSR count). The van der Waals surface area contributed by atoms with Crippen molar-refractivity contribution in [3.05, 3.63) is 0 Å². The average molecular weight is 182 g/mol. The van der Waals surface area contributed by atoms with Crippen LogP contribution in [0.2, 0.25) is 0 Å². The number of nitrogens with one attached hydrogen (secondary N) is 1. The molecule has 0 aromatic rings. The van der Waals surface area contributed by atoms with Crippen LogP contribution < -0.4 is 5.32 Å². The first-order valence-electron chi connectivity index (χ1n) is 5.21. The van der Waals surface area contributed by atoms with Crippen molar-refractivity contribution >= 4 is 5.90 Å². The topological polar surface area (TPSA) is 33.6 Å².